The van der Waals surface area contributed by atoms with Crippen LogP contribution in [0.15, 0.2) is 60.7 Å². The third-order valence-electron chi connectivity index (χ3n) is 9.53. The third-order valence-corrected chi connectivity index (χ3v) is 9.53. The van der Waals surface area contributed by atoms with Gasteiger partial charge in [-0.1, -0.05) is 56.3 Å². The van der Waals surface area contributed by atoms with Crippen molar-refractivity contribution in [1.82, 2.24) is 35.5 Å². The van der Waals surface area contributed by atoms with Crippen molar-refractivity contribution in [2.24, 2.45) is 5.92 Å². The van der Waals surface area contributed by atoms with Gasteiger partial charge in [0.15, 0.2) is 6.61 Å². The summed E-state index contributed by atoms with van der Waals surface area (Å²) in [4.78, 5) is 71.8. The molecule has 1 aromatic heterocycles. The van der Waals surface area contributed by atoms with Crippen LogP contribution in [0, 0.1) is 19.8 Å². The van der Waals surface area contributed by atoms with E-state index < -0.39 is 41.8 Å². The Balaban J connectivity index is 1.49. The lowest BCUT2D eigenvalue weighted by Gasteiger charge is -2.29. The second-order valence-electron chi connectivity index (χ2n) is 14.3. The average molecular weight is 730 g/mol. The van der Waals surface area contributed by atoms with Crippen LogP contribution < -0.4 is 20.7 Å². The predicted molar refractivity (Wildman–Crippen MR) is 197 cm³/mol. The molecule has 14 heteroatoms. The zero-order valence-electron chi connectivity index (χ0n) is 31.2. The van der Waals surface area contributed by atoms with Crippen molar-refractivity contribution < 1.29 is 33.4 Å². The summed E-state index contributed by atoms with van der Waals surface area (Å²) < 4.78 is 12.8. The van der Waals surface area contributed by atoms with E-state index in [2.05, 4.69) is 21.0 Å². The van der Waals surface area contributed by atoms with Crippen LogP contribution in [0.3, 0.4) is 0 Å². The molecular formula is C39H51N7O7. The van der Waals surface area contributed by atoms with Crippen molar-refractivity contribution in [3.8, 4) is 5.75 Å². The number of hydrogen-bond acceptors (Lipinski definition) is 8. The molecule has 5 rings (SSSR count). The maximum absolute atomic E-state index is 14.3. The molecule has 2 aliphatic rings. The minimum absolute atomic E-state index is 0.0497. The fraction of sp³-hybridized carbons (Fsp3) is 0.487. The SMILES string of the molecule is COCCN1CC(=O)N[C@@H](Cc2ccccc2)C(=O)N[C@H]2CN(C(=O)Cn3nc(C)cc3C)C[C@@H]2c2cccc(c2)OCC(=O)N[C@H](CC(C)C)C1=O. The molecule has 2 aliphatic heterocycles. The Morgan fingerprint density at radius 3 is 2.40 bits per heavy atom. The first-order chi connectivity index (χ1) is 25.4. The van der Waals surface area contributed by atoms with E-state index in [-0.39, 0.29) is 63.6 Å². The molecule has 3 heterocycles. The number of aryl methyl sites for hydroxylation is 2. The van der Waals surface area contributed by atoms with Gasteiger partial charge in [0.1, 0.15) is 24.4 Å². The molecule has 5 amide bonds. The van der Waals surface area contributed by atoms with Crippen molar-refractivity contribution in [2.75, 3.05) is 46.5 Å². The molecule has 284 valence electrons. The number of rotatable bonds is 9. The normalized spacial score (nSPS) is 21.6. The number of nitrogens with one attached hydrogen (secondary N) is 3. The Labute approximate surface area is 310 Å². The molecule has 2 bridgehead atoms. The average Bonchev–Trinajstić information content (AvgIpc) is 3.69. The van der Waals surface area contributed by atoms with Crippen LogP contribution in [-0.2, 0) is 41.7 Å². The first-order valence-corrected chi connectivity index (χ1v) is 18.1. The van der Waals surface area contributed by atoms with Gasteiger partial charge in [-0.3, -0.25) is 28.7 Å². The fourth-order valence-corrected chi connectivity index (χ4v) is 6.91. The second-order valence-corrected chi connectivity index (χ2v) is 14.3. The predicted octanol–water partition coefficient (Wildman–Crippen LogP) is 1.74. The smallest absolute Gasteiger partial charge is 0.258 e. The molecule has 0 unspecified atom stereocenters. The molecule has 0 saturated carbocycles. The zero-order valence-corrected chi connectivity index (χ0v) is 31.2. The van der Waals surface area contributed by atoms with Crippen LogP contribution >= 0.6 is 0 Å². The van der Waals surface area contributed by atoms with Gasteiger partial charge in [-0.15, -0.1) is 0 Å². The Kier molecular flexibility index (Phi) is 13.2. The number of aromatic nitrogens is 2. The van der Waals surface area contributed by atoms with Gasteiger partial charge in [-0.05, 0) is 55.5 Å². The Morgan fingerprint density at radius 2 is 1.70 bits per heavy atom. The second kappa shape index (κ2) is 18.0. The highest BCUT2D eigenvalue weighted by atomic mass is 16.5. The summed E-state index contributed by atoms with van der Waals surface area (Å²) in [6, 6.07) is 16.1. The van der Waals surface area contributed by atoms with E-state index in [0.717, 1.165) is 22.5 Å². The maximum Gasteiger partial charge on any atom is 0.258 e. The molecule has 0 radical (unpaired) electrons. The number of ether oxygens (including phenoxy) is 2. The van der Waals surface area contributed by atoms with E-state index in [0.29, 0.717) is 18.7 Å². The Hall–Kier alpha value is -5.24. The summed E-state index contributed by atoms with van der Waals surface area (Å²) in [6.07, 6.45) is 0.528. The van der Waals surface area contributed by atoms with Crippen molar-refractivity contribution >= 4 is 29.5 Å². The first-order valence-electron chi connectivity index (χ1n) is 18.1. The van der Waals surface area contributed by atoms with E-state index in [1.54, 1.807) is 21.7 Å². The molecule has 53 heavy (non-hydrogen) atoms. The molecule has 3 N–H and O–H groups in total. The van der Waals surface area contributed by atoms with Gasteiger partial charge in [0.25, 0.3) is 5.91 Å². The Morgan fingerprint density at radius 1 is 0.943 bits per heavy atom. The fourth-order valence-electron chi connectivity index (χ4n) is 6.91. The number of amides is 5. The number of fused-ring (bicyclic) bond motifs is 4. The lowest BCUT2D eigenvalue weighted by Crippen LogP contribution is -2.56. The van der Waals surface area contributed by atoms with Crippen LogP contribution in [0.4, 0.5) is 0 Å². The Bertz CT molecular complexity index is 1760. The number of hydrogen-bond donors (Lipinski definition) is 3. The minimum Gasteiger partial charge on any atom is -0.484 e. The molecule has 1 fully saturated rings. The van der Waals surface area contributed by atoms with E-state index in [1.807, 2.05) is 76.2 Å². The van der Waals surface area contributed by atoms with Crippen LogP contribution in [0.25, 0.3) is 0 Å². The summed E-state index contributed by atoms with van der Waals surface area (Å²) in [5.41, 5.74) is 3.32. The highest BCUT2D eigenvalue weighted by molar-refractivity contribution is 5.93. The van der Waals surface area contributed by atoms with Gasteiger partial charge in [-0.2, -0.15) is 5.10 Å². The summed E-state index contributed by atoms with van der Waals surface area (Å²) in [5.74, 6) is -1.88. The topological polar surface area (TPSA) is 164 Å². The molecular weight excluding hydrogens is 678 g/mol. The zero-order chi connectivity index (χ0) is 38.1. The van der Waals surface area contributed by atoms with E-state index in [9.17, 15) is 24.0 Å². The molecule has 4 atom stereocenters. The minimum atomic E-state index is -0.996. The van der Waals surface area contributed by atoms with Gasteiger partial charge >= 0.3 is 0 Å². The molecule has 2 aromatic carbocycles. The van der Waals surface area contributed by atoms with E-state index in [1.165, 1.54) is 12.0 Å². The molecule has 0 spiro atoms. The largest absolute Gasteiger partial charge is 0.484 e. The number of nitrogens with zero attached hydrogens (tertiary/aromatic N) is 4. The van der Waals surface area contributed by atoms with Crippen molar-refractivity contribution in [3.63, 3.8) is 0 Å². The summed E-state index contributed by atoms with van der Waals surface area (Å²) >= 11 is 0. The van der Waals surface area contributed by atoms with Gasteiger partial charge in [0, 0.05) is 44.8 Å². The lowest BCUT2D eigenvalue weighted by atomic mass is 9.93. The van der Waals surface area contributed by atoms with Gasteiger partial charge in [0.05, 0.1) is 24.9 Å². The summed E-state index contributed by atoms with van der Waals surface area (Å²) in [6.45, 7) is 7.80. The molecule has 1 saturated heterocycles. The molecule has 3 aromatic rings. The van der Waals surface area contributed by atoms with Crippen LogP contribution in [-0.4, -0.2) is 114 Å². The number of carbonyl (C=O) groups excluding carboxylic acids is 5. The van der Waals surface area contributed by atoms with Crippen LogP contribution in [0.1, 0.15) is 48.7 Å². The highest BCUT2D eigenvalue weighted by Crippen LogP contribution is 2.31. The highest BCUT2D eigenvalue weighted by Gasteiger charge is 2.39. The first kappa shape index (κ1) is 39.0. The standard InChI is InChI=1S/C39H51N7O7/c1-25(2)16-33-39(51)44(14-15-52-5)22-35(47)40-32(18-28-10-7-6-8-11-28)38(50)42-34-21-45(37(49)23-46-27(4)17-26(3)43-46)20-31(34)29-12-9-13-30(19-29)53-24-36(48)41-33/h6-13,17,19,25,31-34H,14-16,18,20-24H2,1-5H3,(H,40,47)(H,41,48)(H,42,50)/t31-,32+,33-,34+/m1/s1. The van der Waals surface area contributed by atoms with E-state index in [4.69, 9.17) is 9.47 Å². The lowest BCUT2D eigenvalue weighted by molar-refractivity contribution is -0.141. The van der Waals surface area contributed by atoms with Gasteiger partial charge in [-0.25, -0.2) is 0 Å². The van der Waals surface area contributed by atoms with E-state index >= 15 is 0 Å². The quantitative estimate of drug-likeness (QED) is 0.300. The monoisotopic (exact) mass is 729 g/mol. The molecule has 14 nitrogen and oxygen atoms in total. The molecule has 0 aliphatic carbocycles. The summed E-state index contributed by atoms with van der Waals surface area (Å²) in [5, 5.41) is 13.3. The van der Waals surface area contributed by atoms with Crippen molar-refractivity contribution in [3.05, 3.63) is 83.2 Å². The number of methoxy groups -OCH3 is 1. The van der Waals surface area contributed by atoms with Crippen molar-refractivity contribution in [2.45, 2.75) is 71.1 Å². The maximum atomic E-state index is 14.3. The van der Waals surface area contributed by atoms with Crippen molar-refractivity contribution in [1.29, 1.82) is 0 Å². The number of carbonyl (C=O) groups is 5. The number of likely N-dealkylation sites (tertiary alicyclic amines) is 1. The van der Waals surface area contributed by atoms with Gasteiger partial charge < -0.3 is 35.2 Å². The van der Waals surface area contributed by atoms with Gasteiger partial charge in [0.2, 0.25) is 23.6 Å². The summed E-state index contributed by atoms with van der Waals surface area (Å²) in [7, 11) is 1.50. The number of benzene rings is 2. The van der Waals surface area contributed by atoms with Crippen LogP contribution in [0.2, 0.25) is 0 Å². The third kappa shape index (κ3) is 10.7. The van der Waals surface area contributed by atoms with Crippen LogP contribution in [0.5, 0.6) is 5.75 Å².